The first-order valence-corrected chi connectivity index (χ1v) is 6.66. The van der Waals surface area contributed by atoms with Gasteiger partial charge in [0.25, 0.3) is 0 Å². The SMILES string of the molecule is COCC(CCCl)NCc1cc(C)ccc1OC. The quantitative estimate of drug-likeness (QED) is 0.738. The molecular formula is C14H22ClNO2. The average Bonchev–Trinajstić information content (AvgIpc) is 2.36. The molecule has 0 radical (unpaired) electrons. The molecule has 3 nitrogen and oxygen atoms in total. The summed E-state index contributed by atoms with van der Waals surface area (Å²) in [5.74, 6) is 1.54. The summed E-state index contributed by atoms with van der Waals surface area (Å²) in [6.45, 7) is 3.50. The molecule has 0 aromatic heterocycles. The van der Waals surface area contributed by atoms with Gasteiger partial charge in [0.2, 0.25) is 0 Å². The largest absolute Gasteiger partial charge is 0.496 e. The zero-order valence-corrected chi connectivity index (χ0v) is 12.1. The summed E-state index contributed by atoms with van der Waals surface area (Å²) in [7, 11) is 3.40. The van der Waals surface area contributed by atoms with E-state index in [-0.39, 0.29) is 6.04 Å². The van der Waals surface area contributed by atoms with Crippen molar-refractivity contribution in [3.05, 3.63) is 29.3 Å². The predicted molar refractivity (Wildman–Crippen MR) is 75.6 cm³/mol. The van der Waals surface area contributed by atoms with Crippen LogP contribution in [-0.4, -0.2) is 32.7 Å². The number of alkyl halides is 1. The Morgan fingerprint density at radius 3 is 2.72 bits per heavy atom. The van der Waals surface area contributed by atoms with Crippen molar-refractivity contribution < 1.29 is 9.47 Å². The van der Waals surface area contributed by atoms with E-state index in [1.54, 1.807) is 14.2 Å². The Morgan fingerprint density at radius 1 is 1.33 bits per heavy atom. The van der Waals surface area contributed by atoms with Crippen molar-refractivity contribution in [2.24, 2.45) is 0 Å². The van der Waals surface area contributed by atoms with Gasteiger partial charge in [-0.1, -0.05) is 17.7 Å². The van der Waals surface area contributed by atoms with Gasteiger partial charge in [-0.2, -0.15) is 0 Å². The molecule has 1 N–H and O–H groups in total. The van der Waals surface area contributed by atoms with Gasteiger partial charge in [-0.3, -0.25) is 0 Å². The Hall–Kier alpha value is -0.770. The Morgan fingerprint density at radius 2 is 2.11 bits per heavy atom. The van der Waals surface area contributed by atoms with E-state index < -0.39 is 0 Å². The lowest BCUT2D eigenvalue weighted by molar-refractivity contribution is 0.164. The number of hydrogen-bond donors (Lipinski definition) is 1. The maximum atomic E-state index is 5.78. The second kappa shape index (κ2) is 8.35. The van der Waals surface area contributed by atoms with Crippen LogP contribution in [0.1, 0.15) is 17.5 Å². The van der Waals surface area contributed by atoms with E-state index >= 15 is 0 Å². The van der Waals surface area contributed by atoms with Crippen LogP contribution in [0.2, 0.25) is 0 Å². The smallest absolute Gasteiger partial charge is 0.123 e. The van der Waals surface area contributed by atoms with Crippen molar-refractivity contribution in [2.75, 3.05) is 26.7 Å². The fourth-order valence-corrected chi connectivity index (χ4v) is 2.14. The molecule has 0 aliphatic rings. The van der Waals surface area contributed by atoms with Crippen LogP contribution in [0.15, 0.2) is 18.2 Å². The normalized spacial score (nSPS) is 12.4. The van der Waals surface area contributed by atoms with E-state index in [9.17, 15) is 0 Å². The number of methoxy groups -OCH3 is 2. The zero-order valence-electron chi connectivity index (χ0n) is 11.3. The fourth-order valence-electron chi connectivity index (χ4n) is 1.88. The third kappa shape index (κ3) is 4.84. The molecule has 0 aliphatic carbocycles. The number of ether oxygens (including phenoxy) is 2. The molecule has 4 heteroatoms. The van der Waals surface area contributed by atoms with Gasteiger partial charge in [-0.05, 0) is 19.4 Å². The molecule has 18 heavy (non-hydrogen) atoms. The first kappa shape index (κ1) is 15.3. The summed E-state index contributed by atoms with van der Waals surface area (Å²) < 4.78 is 10.5. The summed E-state index contributed by atoms with van der Waals surface area (Å²) in [4.78, 5) is 0. The molecule has 1 rings (SSSR count). The molecule has 1 unspecified atom stereocenters. The average molecular weight is 272 g/mol. The minimum absolute atomic E-state index is 0.276. The molecule has 1 aromatic rings. The highest BCUT2D eigenvalue weighted by Crippen LogP contribution is 2.19. The van der Waals surface area contributed by atoms with Crippen molar-refractivity contribution in [3.8, 4) is 5.75 Å². The summed E-state index contributed by atoms with van der Waals surface area (Å²) in [6, 6.07) is 6.46. The van der Waals surface area contributed by atoms with E-state index in [4.69, 9.17) is 21.1 Å². The third-order valence-electron chi connectivity index (χ3n) is 2.84. The van der Waals surface area contributed by atoms with Crippen LogP contribution >= 0.6 is 11.6 Å². The van der Waals surface area contributed by atoms with Crippen molar-refractivity contribution in [2.45, 2.75) is 25.9 Å². The Labute approximate surface area is 114 Å². The standard InChI is InChI=1S/C14H22ClNO2/c1-11-4-5-14(18-3)12(8-11)9-16-13(6-7-15)10-17-2/h4-5,8,13,16H,6-7,9-10H2,1-3H3. The van der Waals surface area contributed by atoms with E-state index in [2.05, 4.69) is 18.3 Å². The first-order valence-electron chi connectivity index (χ1n) is 6.13. The Kier molecular flexibility index (Phi) is 7.09. The maximum Gasteiger partial charge on any atom is 0.123 e. The van der Waals surface area contributed by atoms with Gasteiger partial charge in [0.05, 0.1) is 13.7 Å². The predicted octanol–water partition coefficient (Wildman–Crippen LogP) is 2.74. The van der Waals surface area contributed by atoms with Crippen molar-refractivity contribution >= 4 is 11.6 Å². The van der Waals surface area contributed by atoms with E-state index in [1.807, 2.05) is 12.1 Å². The summed E-state index contributed by atoms with van der Waals surface area (Å²) in [5, 5.41) is 3.45. The van der Waals surface area contributed by atoms with Crippen LogP contribution in [0.25, 0.3) is 0 Å². The minimum Gasteiger partial charge on any atom is -0.496 e. The summed E-state index contributed by atoms with van der Waals surface area (Å²) in [5.41, 5.74) is 2.39. The third-order valence-corrected chi connectivity index (χ3v) is 3.06. The van der Waals surface area contributed by atoms with Crippen LogP contribution in [-0.2, 0) is 11.3 Å². The molecule has 1 aromatic carbocycles. The molecule has 0 aliphatic heterocycles. The van der Waals surface area contributed by atoms with Crippen LogP contribution in [0.5, 0.6) is 5.75 Å². The summed E-state index contributed by atoms with van der Waals surface area (Å²) >= 11 is 5.78. The number of hydrogen-bond acceptors (Lipinski definition) is 3. The van der Waals surface area contributed by atoms with Gasteiger partial charge >= 0.3 is 0 Å². The molecule has 0 amide bonds. The van der Waals surface area contributed by atoms with E-state index in [0.717, 1.165) is 24.3 Å². The highest BCUT2D eigenvalue weighted by atomic mass is 35.5. The molecule has 0 spiro atoms. The Balaban J connectivity index is 2.62. The van der Waals surface area contributed by atoms with Crippen molar-refractivity contribution in [1.29, 1.82) is 0 Å². The lowest BCUT2D eigenvalue weighted by Crippen LogP contribution is -2.33. The molecular weight excluding hydrogens is 250 g/mol. The van der Waals surface area contributed by atoms with Gasteiger partial charge in [-0.25, -0.2) is 0 Å². The lowest BCUT2D eigenvalue weighted by atomic mass is 10.1. The molecule has 1 atom stereocenters. The minimum atomic E-state index is 0.276. The van der Waals surface area contributed by atoms with Crippen LogP contribution in [0, 0.1) is 6.92 Å². The fraction of sp³-hybridized carbons (Fsp3) is 0.571. The maximum absolute atomic E-state index is 5.78. The zero-order chi connectivity index (χ0) is 13.4. The molecule has 0 saturated carbocycles. The number of halogens is 1. The molecule has 0 saturated heterocycles. The van der Waals surface area contributed by atoms with Gasteiger partial charge < -0.3 is 14.8 Å². The molecule has 0 heterocycles. The van der Waals surface area contributed by atoms with Crippen LogP contribution in [0.4, 0.5) is 0 Å². The molecule has 102 valence electrons. The monoisotopic (exact) mass is 271 g/mol. The number of rotatable bonds is 8. The molecule has 0 fully saturated rings. The second-order valence-corrected chi connectivity index (χ2v) is 4.70. The second-order valence-electron chi connectivity index (χ2n) is 4.33. The number of aryl methyl sites for hydroxylation is 1. The number of benzene rings is 1. The number of nitrogens with one attached hydrogen (secondary N) is 1. The highest BCUT2D eigenvalue weighted by Gasteiger charge is 2.09. The highest BCUT2D eigenvalue weighted by molar-refractivity contribution is 6.17. The van der Waals surface area contributed by atoms with Gasteiger partial charge in [0, 0.05) is 31.1 Å². The summed E-state index contributed by atoms with van der Waals surface area (Å²) in [6.07, 6.45) is 0.892. The van der Waals surface area contributed by atoms with Crippen LogP contribution < -0.4 is 10.1 Å². The van der Waals surface area contributed by atoms with Gasteiger partial charge in [0.15, 0.2) is 0 Å². The Bertz CT molecular complexity index is 352. The van der Waals surface area contributed by atoms with Gasteiger partial charge in [-0.15, -0.1) is 11.6 Å². The topological polar surface area (TPSA) is 30.5 Å². The van der Waals surface area contributed by atoms with Crippen LogP contribution in [0.3, 0.4) is 0 Å². The first-order chi connectivity index (χ1) is 8.71. The van der Waals surface area contributed by atoms with E-state index in [1.165, 1.54) is 5.56 Å². The lowest BCUT2D eigenvalue weighted by Gasteiger charge is -2.18. The van der Waals surface area contributed by atoms with E-state index in [0.29, 0.717) is 12.5 Å². The molecule has 0 bridgehead atoms. The van der Waals surface area contributed by atoms with Crippen molar-refractivity contribution in [3.63, 3.8) is 0 Å². The van der Waals surface area contributed by atoms with Gasteiger partial charge in [0.1, 0.15) is 5.75 Å². The van der Waals surface area contributed by atoms with Crippen molar-refractivity contribution in [1.82, 2.24) is 5.32 Å².